The van der Waals surface area contributed by atoms with E-state index < -0.39 is 9.84 Å². The molecule has 1 amide bonds. The minimum absolute atomic E-state index is 0.0525. The second-order valence-corrected chi connectivity index (χ2v) is 9.65. The predicted molar refractivity (Wildman–Crippen MR) is 107 cm³/mol. The molecule has 1 saturated carbocycles. The van der Waals surface area contributed by atoms with Gasteiger partial charge in [-0.25, -0.2) is 8.42 Å². The summed E-state index contributed by atoms with van der Waals surface area (Å²) in [6, 6.07) is 10.2. The highest BCUT2D eigenvalue weighted by Crippen LogP contribution is 2.47. The van der Waals surface area contributed by atoms with Gasteiger partial charge in [0.2, 0.25) is 5.91 Å². The van der Waals surface area contributed by atoms with E-state index in [-0.39, 0.29) is 35.3 Å². The van der Waals surface area contributed by atoms with Gasteiger partial charge >= 0.3 is 0 Å². The summed E-state index contributed by atoms with van der Waals surface area (Å²) in [5.41, 5.74) is 1.53. The van der Waals surface area contributed by atoms with Crippen LogP contribution in [0.3, 0.4) is 0 Å². The van der Waals surface area contributed by atoms with Crippen molar-refractivity contribution in [1.82, 2.24) is 16.0 Å². The van der Waals surface area contributed by atoms with Crippen molar-refractivity contribution in [3.05, 3.63) is 35.9 Å². The molecule has 1 saturated heterocycles. The molecule has 1 aliphatic carbocycles. The molecule has 1 aromatic rings. The Kier molecular flexibility index (Phi) is 6.04. The van der Waals surface area contributed by atoms with E-state index in [1.54, 1.807) is 7.05 Å². The maximum Gasteiger partial charge on any atom is 0.222 e. The van der Waals surface area contributed by atoms with E-state index in [9.17, 15) is 13.2 Å². The highest BCUT2D eigenvalue weighted by Gasteiger charge is 2.44. The number of carbonyl (C=O) groups excluding carboxylic acids is 1. The summed E-state index contributed by atoms with van der Waals surface area (Å²) in [5, 5.41) is 9.30. The van der Waals surface area contributed by atoms with Crippen LogP contribution in [-0.4, -0.2) is 58.0 Å². The Morgan fingerprint density at radius 1 is 1.22 bits per heavy atom. The molecule has 1 aliphatic heterocycles. The van der Waals surface area contributed by atoms with Crippen LogP contribution in [0, 0.1) is 0 Å². The number of guanidine groups is 1. The Hall–Kier alpha value is -2.09. The van der Waals surface area contributed by atoms with E-state index >= 15 is 0 Å². The first-order valence-corrected chi connectivity index (χ1v) is 11.2. The van der Waals surface area contributed by atoms with Gasteiger partial charge in [0.25, 0.3) is 0 Å². The third-order valence-corrected chi connectivity index (χ3v) is 7.07. The van der Waals surface area contributed by atoms with E-state index in [1.807, 2.05) is 6.07 Å². The second-order valence-electron chi connectivity index (χ2n) is 7.42. The van der Waals surface area contributed by atoms with Crippen LogP contribution in [0.15, 0.2) is 35.3 Å². The molecule has 27 heavy (non-hydrogen) atoms. The van der Waals surface area contributed by atoms with Crippen LogP contribution in [0.2, 0.25) is 0 Å². The Morgan fingerprint density at radius 3 is 2.56 bits per heavy atom. The molecular weight excluding hydrogens is 364 g/mol. The zero-order valence-electron chi connectivity index (χ0n) is 15.7. The fourth-order valence-electron chi connectivity index (χ4n) is 3.49. The monoisotopic (exact) mass is 392 g/mol. The average Bonchev–Trinajstić information content (AvgIpc) is 3.37. The number of rotatable bonds is 7. The summed E-state index contributed by atoms with van der Waals surface area (Å²) in [7, 11) is -1.27. The van der Waals surface area contributed by atoms with E-state index in [4.69, 9.17) is 0 Å². The van der Waals surface area contributed by atoms with Crippen molar-refractivity contribution in [3.63, 3.8) is 0 Å². The molecule has 1 aromatic carbocycles. The van der Waals surface area contributed by atoms with Crippen LogP contribution in [0.1, 0.15) is 31.2 Å². The fourth-order valence-corrected chi connectivity index (χ4v) is 5.16. The average molecular weight is 393 g/mol. The third-order valence-electron chi connectivity index (χ3n) is 5.30. The normalized spacial score (nSPS) is 22.9. The molecule has 1 heterocycles. The molecule has 7 nitrogen and oxygen atoms in total. The molecule has 3 rings (SSSR count). The van der Waals surface area contributed by atoms with Gasteiger partial charge in [0.1, 0.15) is 0 Å². The van der Waals surface area contributed by atoms with Crippen molar-refractivity contribution in [2.75, 3.05) is 31.6 Å². The Labute approximate surface area is 160 Å². The molecule has 0 aromatic heterocycles. The van der Waals surface area contributed by atoms with Gasteiger partial charge in [0, 0.05) is 38.0 Å². The Morgan fingerprint density at radius 2 is 1.96 bits per heavy atom. The number of sulfone groups is 1. The zero-order chi connectivity index (χ0) is 19.3. The van der Waals surface area contributed by atoms with Crippen molar-refractivity contribution >= 4 is 21.7 Å². The number of carbonyl (C=O) groups is 1. The Balaban J connectivity index is 1.38. The highest BCUT2D eigenvalue weighted by atomic mass is 32.2. The number of amides is 1. The predicted octanol–water partition coefficient (Wildman–Crippen LogP) is 0.577. The summed E-state index contributed by atoms with van der Waals surface area (Å²) >= 11 is 0. The zero-order valence-corrected chi connectivity index (χ0v) is 16.5. The van der Waals surface area contributed by atoms with Crippen LogP contribution in [-0.2, 0) is 20.0 Å². The van der Waals surface area contributed by atoms with E-state index in [0.717, 1.165) is 19.4 Å². The van der Waals surface area contributed by atoms with Crippen LogP contribution in [0.4, 0.5) is 0 Å². The van der Waals surface area contributed by atoms with Gasteiger partial charge in [-0.15, -0.1) is 0 Å². The maximum absolute atomic E-state index is 12.0. The molecule has 1 unspecified atom stereocenters. The molecule has 1 atom stereocenters. The quantitative estimate of drug-likeness (QED) is 0.466. The van der Waals surface area contributed by atoms with E-state index in [0.29, 0.717) is 18.9 Å². The van der Waals surface area contributed by atoms with Gasteiger partial charge in [-0.2, -0.15) is 0 Å². The Bertz CT molecular complexity index is 788. The second kappa shape index (κ2) is 8.29. The molecule has 0 bridgehead atoms. The summed E-state index contributed by atoms with van der Waals surface area (Å²) in [5.74, 6) is 0.754. The first-order valence-electron chi connectivity index (χ1n) is 9.42. The van der Waals surface area contributed by atoms with Crippen molar-refractivity contribution in [1.29, 1.82) is 0 Å². The molecule has 8 heteroatoms. The van der Waals surface area contributed by atoms with Crippen molar-refractivity contribution in [2.24, 2.45) is 4.99 Å². The SMILES string of the molecule is CN=C(NCCC(=O)NC1CCS(=O)(=O)C1)NCC1(c2ccccc2)CC1. The van der Waals surface area contributed by atoms with Gasteiger partial charge < -0.3 is 16.0 Å². The van der Waals surface area contributed by atoms with Crippen LogP contribution >= 0.6 is 0 Å². The van der Waals surface area contributed by atoms with Crippen molar-refractivity contribution < 1.29 is 13.2 Å². The van der Waals surface area contributed by atoms with Gasteiger partial charge in [-0.3, -0.25) is 9.79 Å². The number of benzene rings is 1. The third kappa shape index (κ3) is 5.45. The topological polar surface area (TPSA) is 99.7 Å². The van der Waals surface area contributed by atoms with E-state index in [1.165, 1.54) is 5.56 Å². The molecule has 3 N–H and O–H groups in total. The molecule has 2 fully saturated rings. The standard InChI is InChI=1S/C19H28N4O3S/c1-20-18(22-14-19(9-10-19)15-5-3-2-4-6-15)21-11-7-17(24)23-16-8-12-27(25,26)13-16/h2-6,16H,7-14H2,1H3,(H,23,24)(H2,20,21,22). The van der Waals surface area contributed by atoms with Crippen LogP contribution < -0.4 is 16.0 Å². The summed E-state index contributed by atoms with van der Waals surface area (Å²) in [4.78, 5) is 16.2. The van der Waals surface area contributed by atoms with Gasteiger partial charge in [0.15, 0.2) is 15.8 Å². The molecular formula is C19H28N4O3S. The number of hydrogen-bond donors (Lipinski definition) is 3. The molecule has 0 spiro atoms. The summed E-state index contributed by atoms with van der Waals surface area (Å²) in [6.45, 7) is 1.26. The van der Waals surface area contributed by atoms with E-state index in [2.05, 4.69) is 45.2 Å². The fraction of sp³-hybridized carbons (Fsp3) is 0.579. The highest BCUT2D eigenvalue weighted by molar-refractivity contribution is 7.91. The smallest absolute Gasteiger partial charge is 0.222 e. The first-order chi connectivity index (χ1) is 12.9. The lowest BCUT2D eigenvalue weighted by Crippen LogP contribution is -2.43. The minimum atomic E-state index is -2.98. The van der Waals surface area contributed by atoms with Gasteiger partial charge in [-0.1, -0.05) is 30.3 Å². The van der Waals surface area contributed by atoms with Crippen molar-refractivity contribution in [2.45, 2.75) is 37.1 Å². The summed E-state index contributed by atoms with van der Waals surface area (Å²) < 4.78 is 22.9. The van der Waals surface area contributed by atoms with Crippen LogP contribution in [0.25, 0.3) is 0 Å². The number of nitrogens with zero attached hydrogens (tertiary/aromatic N) is 1. The lowest BCUT2D eigenvalue weighted by Gasteiger charge is -2.19. The molecule has 2 aliphatic rings. The minimum Gasteiger partial charge on any atom is -0.356 e. The number of nitrogens with one attached hydrogen (secondary N) is 3. The van der Waals surface area contributed by atoms with Gasteiger partial charge in [-0.05, 0) is 24.8 Å². The van der Waals surface area contributed by atoms with Gasteiger partial charge in [0.05, 0.1) is 11.5 Å². The first kappa shape index (κ1) is 19.7. The number of hydrogen-bond acceptors (Lipinski definition) is 4. The molecule has 0 radical (unpaired) electrons. The lowest BCUT2D eigenvalue weighted by atomic mass is 9.96. The summed E-state index contributed by atoms with van der Waals surface area (Å²) in [6.07, 6.45) is 3.11. The molecule has 148 valence electrons. The van der Waals surface area contributed by atoms with Crippen LogP contribution in [0.5, 0.6) is 0 Å². The largest absolute Gasteiger partial charge is 0.356 e. The number of aliphatic imine (C=N–C) groups is 1. The lowest BCUT2D eigenvalue weighted by molar-refractivity contribution is -0.121. The maximum atomic E-state index is 12.0. The van der Waals surface area contributed by atoms with Crippen molar-refractivity contribution in [3.8, 4) is 0 Å².